The molecule has 0 aliphatic heterocycles. The first-order chi connectivity index (χ1) is 10.3. The second-order valence-electron chi connectivity index (χ2n) is 6.13. The number of anilines is 1. The quantitative estimate of drug-likeness (QED) is 0.848. The summed E-state index contributed by atoms with van der Waals surface area (Å²) in [4.78, 5) is 15.7. The van der Waals surface area contributed by atoms with Crippen molar-refractivity contribution in [2.45, 2.75) is 26.2 Å². The molecular formula is C18H20N2O2. The van der Waals surface area contributed by atoms with E-state index in [9.17, 15) is 9.90 Å². The highest BCUT2D eigenvalue weighted by atomic mass is 16.3. The van der Waals surface area contributed by atoms with Crippen LogP contribution in [0, 0.1) is 0 Å². The molecule has 114 valence electrons. The van der Waals surface area contributed by atoms with Crippen molar-refractivity contribution in [1.29, 1.82) is 0 Å². The molecule has 0 saturated heterocycles. The molecule has 4 heteroatoms. The van der Waals surface area contributed by atoms with Crippen molar-refractivity contribution in [2.24, 2.45) is 0 Å². The molecule has 1 aromatic carbocycles. The summed E-state index contributed by atoms with van der Waals surface area (Å²) in [6.45, 7) is 6.44. The van der Waals surface area contributed by atoms with E-state index in [4.69, 9.17) is 0 Å². The van der Waals surface area contributed by atoms with Crippen LogP contribution in [0.1, 0.15) is 31.9 Å². The van der Waals surface area contributed by atoms with Crippen molar-refractivity contribution >= 4 is 17.7 Å². The van der Waals surface area contributed by atoms with Crippen LogP contribution in [-0.4, -0.2) is 16.0 Å². The maximum Gasteiger partial charge on any atom is 0.248 e. The number of carbonyl (C=O) groups excluding carboxylic acids is 1. The fourth-order valence-electron chi connectivity index (χ4n) is 1.95. The number of hydrogen-bond donors (Lipinski definition) is 2. The van der Waals surface area contributed by atoms with Crippen LogP contribution in [0.5, 0.6) is 5.75 Å². The fraction of sp³-hybridized carbons (Fsp3) is 0.222. The molecule has 0 radical (unpaired) electrons. The van der Waals surface area contributed by atoms with Gasteiger partial charge in [0.1, 0.15) is 5.75 Å². The molecule has 1 aromatic heterocycles. The van der Waals surface area contributed by atoms with Gasteiger partial charge in [-0.15, -0.1) is 0 Å². The lowest BCUT2D eigenvalue weighted by Crippen LogP contribution is -2.12. The van der Waals surface area contributed by atoms with Crippen molar-refractivity contribution in [3.05, 3.63) is 59.9 Å². The third-order valence-corrected chi connectivity index (χ3v) is 3.19. The third-order valence-electron chi connectivity index (χ3n) is 3.19. The van der Waals surface area contributed by atoms with E-state index in [0.717, 1.165) is 5.69 Å². The molecule has 2 aromatic rings. The van der Waals surface area contributed by atoms with Gasteiger partial charge < -0.3 is 10.4 Å². The Kier molecular flexibility index (Phi) is 4.61. The number of pyridine rings is 1. The molecule has 4 nitrogen and oxygen atoms in total. The average molecular weight is 296 g/mol. The second kappa shape index (κ2) is 6.43. The van der Waals surface area contributed by atoms with Crippen molar-refractivity contribution < 1.29 is 9.90 Å². The largest absolute Gasteiger partial charge is 0.506 e. The van der Waals surface area contributed by atoms with Crippen molar-refractivity contribution in [3.63, 3.8) is 0 Å². The summed E-state index contributed by atoms with van der Waals surface area (Å²) < 4.78 is 0. The molecule has 2 rings (SSSR count). The first-order valence-electron chi connectivity index (χ1n) is 7.08. The number of nitrogens with zero attached hydrogens (tertiary/aromatic N) is 1. The van der Waals surface area contributed by atoms with Crippen LogP contribution >= 0.6 is 0 Å². The second-order valence-corrected chi connectivity index (χ2v) is 6.13. The molecule has 0 aliphatic rings. The smallest absolute Gasteiger partial charge is 0.248 e. The molecule has 0 saturated carbocycles. The van der Waals surface area contributed by atoms with Gasteiger partial charge in [-0.1, -0.05) is 32.9 Å². The van der Waals surface area contributed by atoms with E-state index < -0.39 is 0 Å². The van der Waals surface area contributed by atoms with Gasteiger partial charge in [0, 0.05) is 18.0 Å². The molecule has 0 unspecified atom stereocenters. The number of amides is 1. The molecule has 2 N–H and O–H groups in total. The number of benzene rings is 1. The predicted octanol–water partition coefficient (Wildman–Crippen LogP) is 3.74. The molecule has 0 bridgehead atoms. The van der Waals surface area contributed by atoms with Crippen molar-refractivity contribution in [3.8, 4) is 5.75 Å². The molecule has 0 atom stereocenters. The minimum absolute atomic E-state index is 0.0697. The zero-order valence-electron chi connectivity index (χ0n) is 13.0. The highest BCUT2D eigenvalue weighted by Crippen LogP contribution is 2.23. The van der Waals surface area contributed by atoms with E-state index in [2.05, 4.69) is 31.1 Å². The topological polar surface area (TPSA) is 62.2 Å². The Labute approximate surface area is 130 Å². The molecule has 22 heavy (non-hydrogen) atoms. The van der Waals surface area contributed by atoms with E-state index in [0.29, 0.717) is 5.56 Å². The van der Waals surface area contributed by atoms with Gasteiger partial charge in [-0.25, -0.2) is 0 Å². The van der Waals surface area contributed by atoms with E-state index in [1.807, 2.05) is 24.3 Å². The van der Waals surface area contributed by atoms with Crippen molar-refractivity contribution in [2.75, 3.05) is 5.32 Å². The zero-order chi connectivity index (χ0) is 16.2. The minimum Gasteiger partial charge on any atom is -0.506 e. The van der Waals surface area contributed by atoms with Gasteiger partial charge in [0.05, 0.1) is 6.20 Å². The van der Waals surface area contributed by atoms with E-state index in [1.54, 1.807) is 12.3 Å². The Morgan fingerprint density at radius 2 is 1.86 bits per heavy atom. The zero-order valence-corrected chi connectivity index (χ0v) is 13.0. The van der Waals surface area contributed by atoms with Gasteiger partial charge >= 0.3 is 0 Å². The Balaban J connectivity index is 2.00. The van der Waals surface area contributed by atoms with Crippen LogP contribution in [-0.2, 0) is 10.2 Å². The monoisotopic (exact) mass is 296 g/mol. The first-order valence-corrected chi connectivity index (χ1v) is 7.08. The third kappa shape index (κ3) is 4.45. The average Bonchev–Trinajstić information content (AvgIpc) is 2.45. The molecule has 1 amide bonds. The highest BCUT2D eigenvalue weighted by Gasteiger charge is 2.12. The van der Waals surface area contributed by atoms with Gasteiger partial charge in [0.25, 0.3) is 0 Å². The Hall–Kier alpha value is -2.62. The molecular weight excluding hydrogens is 276 g/mol. The van der Waals surface area contributed by atoms with Gasteiger partial charge in [0.2, 0.25) is 5.91 Å². The maximum atomic E-state index is 11.9. The summed E-state index contributed by atoms with van der Waals surface area (Å²) in [6.07, 6.45) is 5.93. The molecule has 0 spiro atoms. The van der Waals surface area contributed by atoms with Gasteiger partial charge in [-0.3, -0.25) is 9.78 Å². The summed E-state index contributed by atoms with van der Waals surface area (Å²) >= 11 is 0. The van der Waals surface area contributed by atoms with Gasteiger partial charge in [-0.05, 0) is 40.8 Å². The van der Waals surface area contributed by atoms with Crippen LogP contribution in [0.2, 0.25) is 0 Å². The lowest BCUT2D eigenvalue weighted by atomic mass is 9.87. The van der Waals surface area contributed by atoms with E-state index >= 15 is 0 Å². The Morgan fingerprint density at radius 1 is 1.18 bits per heavy atom. The molecule has 0 fully saturated rings. The molecule has 1 heterocycles. The Bertz CT molecular complexity index is 683. The maximum absolute atomic E-state index is 11.9. The van der Waals surface area contributed by atoms with Crippen LogP contribution < -0.4 is 5.32 Å². The van der Waals surface area contributed by atoms with Crippen LogP contribution in [0.25, 0.3) is 6.08 Å². The van der Waals surface area contributed by atoms with Crippen molar-refractivity contribution in [1.82, 2.24) is 4.98 Å². The van der Waals surface area contributed by atoms with E-state index in [-0.39, 0.29) is 17.1 Å². The highest BCUT2D eigenvalue weighted by molar-refractivity contribution is 6.01. The summed E-state index contributed by atoms with van der Waals surface area (Å²) in [6, 6.07) is 9.34. The summed E-state index contributed by atoms with van der Waals surface area (Å²) in [7, 11) is 0. The van der Waals surface area contributed by atoms with Crippen LogP contribution in [0.3, 0.4) is 0 Å². The minimum atomic E-state index is -0.230. The number of hydrogen-bond acceptors (Lipinski definition) is 3. The van der Waals surface area contributed by atoms with Gasteiger partial charge in [0.15, 0.2) is 0 Å². The van der Waals surface area contributed by atoms with Crippen LogP contribution in [0.4, 0.5) is 5.69 Å². The first kappa shape index (κ1) is 15.8. The number of aromatic nitrogens is 1. The number of aromatic hydroxyl groups is 1. The SMILES string of the molecule is CC(C)(C)c1ccc(NC(=O)/C=C/c2cncc(O)c2)cc1. The summed E-state index contributed by atoms with van der Waals surface area (Å²) in [5, 5.41) is 12.1. The van der Waals surface area contributed by atoms with E-state index in [1.165, 1.54) is 23.9 Å². The number of carbonyl (C=O) groups is 1. The standard InChI is InChI=1S/C18H20N2O2/c1-18(2,3)14-5-7-15(8-6-14)20-17(22)9-4-13-10-16(21)12-19-11-13/h4-12,21H,1-3H3,(H,20,22)/b9-4+. The summed E-state index contributed by atoms with van der Waals surface area (Å²) in [5.74, 6) is -0.160. The van der Waals surface area contributed by atoms with Gasteiger partial charge in [-0.2, -0.15) is 0 Å². The fourth-order valence-corrected chi connectivity index (χ4v) is 1.95. The number of nitrogens with one attached hydrogen (secondary N) is 1. The predicted molar refractivity (Wildman–Crippen MR) is 88.7 cm³/mol. The normalized spacial score (nSPS) is 11.6. The van der Waals surface area contributed by atoms with Crippen LogP contribution in [0.15, 0.2) is 48.8 Å². The Morgan fingerprint density at radius 3 is 2.45 bits per heavy atom. The molecule has 0 aliphatic carbocycles. The lowest BCUT2D eigenvalue weighted by molar-refractivity contribution is -0.111. The summed E-state index contributed by atoms with van der Waals surface area (Å²) in [5.41, 5.74) is 2.71. The lowest BCUT2D eigenvalue weighted by Gasteiger charge is -2.19. The number of rotatable bonds is 3.